The van der Waals surface area contributed by atoms with Crippen LogP contribution in [0.2, 0.25) is 0 Å². The van der Waals surface area contributed by atoms with E-state index in [0.717, 1.165) is 31.0 Å². The first kappa shape index (κ1) is 26.8. The summed E-state index contributed by atoms with van der Waals surface area (Å²) >= 11 is 1.56. The van der Waals surface area contributed by atoms with Crippen molar-refractivity contribution in [2.45, 2.75) is 9.79 Å². The number of fused-ring (bicyclic) bond motifs is 2. The summed E-state index contributed by atoms with van der Waals surface area (Å²) in [6.07, 6.45) is 0. The van der Waals surface area contributed by atoms with Gasteiger partial charge in [-0.1, -0.05) is 145 Å². The van der Waals surface area contributed by atoms with E-state index in [2.05, 4.69) is 0 Å². The van der Waals surface area contributed by atoms with E-state index in [1.807, 2.05) is 158 Å². The Morgan fingerprint density at radius 3 is 1.00 bits per heavy atom. The molecule has 1 heterocycles. The van der Waals surface area contributed by atoms with Gasteiger partial charge in [0.1, 0.15) is 0 Å². The SMILES string of the molecule is O=P(c1ccccc1)(c1ccccc1)c1cccc2c1Oc1c(cccc1P(=O)(c1ccccc1)c1ccccc1)S2. The summed E-state index contributed by atoms with van der Waals surface area (Å²) in [5.74, 6) is 1.09. The molecule has 1 aliphatic rings. The minimum atomic E-state index is -3.33. The second kappa shape index (κ2) is 11.0. The van der Waals surface area contributed by atoms with E-state index in [0.29, 0.717) is 22.1 Å². The van der Waals surface area contributed by atoms with Crippen molar-refractivity contribution in [3.05, 3.63) is 158 Å². The Morgan fingerprint density at radius 2 is 0.690 bits per heavy atom. The van der Waals surface area contributed by atoms with Crippen molar-refractivity contribution < 1.29 is 13.9 Å². The fraction of sp³-hybridized carbons (Fsp3) is 0. The maximum Gasteiger partial charge on any atom is 0.174 e. The molecule has 3 nitrogen and oxygen atoms in total. The van der Waals surface area contributed by atoms with Crippen molar-refractivity contribution in [2.24, 2.45) is 0 Å². The van der Waals surface area contributed by atoms with Crippen LogP contribution in [0.5, 0.6) is 11.5 Å². The summed E-state index contributed by atoms with van der Waals surface area (Å²) < 4.78 is 37.6. The van der Waals surface area contributed by atoms with Crippen molar-refractivity contribution in [1.29, 1.82) is 0 Å². The number of para-hydroxylation sites is 2. The molecule has 0 N–H and O–H groups in total. The van der Waals surface area contributed by atoms with E-state index < -0.39 is 14.3 Å². The third kappa shape index (κ3) is 4.39. The molecule has 0 fully saturated rings. The van der Waals surface area contributed by atoms with Crippen LogP contribution in [0.15, 0.2) is 168 Å². The average molecular weight is 601 g/mol. The van der Waals surface area contributed by atoms with Crippen molar-refractivity contribution in [3.63, 3.8) is 0 Å². The van der Waals surface area contributed by atoms with Gasteiger partial charge in [-0.3, -0.25) is 0 Å². The highest BCUT2D eigenvalue weighted by atomic mass is 32.2. The molecule has 204 valence electrons. The van der Waals surface area contributed by atoms with Crippen LogP contribution < -0.4 is 36.6 Å². The number of benzene rings is 6. The van der Waals surface area contributed by atoms with Crippen LogP contribution in [0, 0.1) is 0 Å². The molecule has 0 saturated carbocycles. The zero-order valence-electron chi connectivity index (χ0n) is 22.5. The van der Waals surface area contributed by atoms with Crippen molar-refractivity contribution in [3.8, 4) is 11.5 Å². The van der Waals surface area contributed by atoms with E-state index in [1.54, 1.807) is 11.8 Å². The highest BCUT2D eigenvalue weighted by Crippen LogP contribution is 2.55. The van der Waals surface area contributed by atoms with E-state index in [-0.39, 0.29) is 0 Å². The number of ether oxygens (including phenoxy) is 1. The van der Waals surface area contributed by atoms with Crippen LogP contribution >= 0.6 is 26.0 Å². The van der Waals surface area contributed by atoms with Crippen molar-refractivity contribution >= 4 is 57.9 Å². The first-order valence-corrected chi connectivity index (χ1v) is 17.9. The van der Waals surface area contributed by atoms with Gasteiger partial charge in [0, 0.05) is 21.2 Å². The predicted molar refractivity (Wildman–Crippen MR) is 176 cm³/mol. The number of hydrogen-bond donors (Lipinski definition) is 0. The van der Waals surface area contributed by atoms with Gasteiger partial charge in [-0.05, 0) is 24.3 Å². The van der Waals surface area contributed by atoms with Crippen LogP contribution in [-0.4, -0.2) is 0 Å². The first-order valence-electron chi connectivity index (χ1n) is 13.7. The Morgan fingerprint density at radius 1 is 0.381 bits per heavy atom. The summed E-state index contributed by atoms with van der Waals surface area (Å²) in [5.41, 5.74) is 0. The minimum Gasteiger partial charge on any atom is -0.453 e. The van der Waals surface area contributed by atoms with E-state index in [9.17, 15) is 0 Å². The molecule has 0 atom stereocenters. The lowest BCUT2D eigenvalue weighted by atomic mass is 10.3. The Balaban J connectivity index is 1.45. The Labute approximate surface area is 250 Å². The Hall–Kier alpha value is -4.07. The van der Waals surface area contributed by atoms with Gasteiger partial charge >= 0.3 is 0 Å². The second-order valence-corrected chi connectivity index (χ2v) is 16.5. The Bertz CT molecular complexity index is 1750. The molecule has 0 aromatic heterocycles. The average Bonchev–Trinajstić information content (AvgIpc) is 3.07. The fourth-order valence-electron chi connectivity index (χ4n) is 5.50. The third-order valence-corrected chi connectivity index (χ3v) is 14.7. The molecule has 0 saturated heterocycles. The topological polar surface area (TPSA) is 43.4 Å². The number of rotatable bonds is 6. The molecule has 6 heteroatoms. The molecule has 0 aliphatic carbocycles. The monoisotopic (exact) mass is 600 g/mol. The molecule has 0 bridgehead atoms. The summed E-state index contributed by atoms with van der Waals surface area (Å²) in [4.78, 5) is 1.75. The van der Waals surface area contributed by atoms with Gasteiger partial charge in [0.2, 0.25) is 0 Å². The Kier molecular flexibility index (Phi) is 7.00. The highest BCUT2D eigenvalue weighted by molar-refractivity contribution is 7.99. The summed E-state index contributed by atoms with van der Waals surface area (Å²) in [5, 5.41) is 4.18. The smallest absolute Gasteiger partial charge is 0.174 e. The molecule has 42 heavy (non-hydrogen) atoms. The summed E-state index contributed by atoms with van der Waals surface area (Å²) in [6, 6.07) is 50.1. The normalized spacial score (nSPS) is 12.6. The summed E-state index contributed by atoms with van der Waals surface area (Å²) in [6.45, 7) is 0. The van der Waals surface area contributed by atoms with Crippen LogP contribution in [0.4, 0.5) is 0 Å². The van der Waals surface area contributed by atoms with Crippen molar-refractivity contribution in [2.75, 3.05) is 0 Å². The highest BCUT2D eigenvalue weighted by Gasteiger charge is 2.39. The van der Waals surface area contributed by atoms with Gasteiger partial charge in [-0.2, -0.15) is 0 Å². The van der Waals surface area contributed by atoms with E-state index >= 15 is 9.13 Å². The molecule has 0 spiro atoms. The minimum absolute atomic E-state index is 0.547. The van der Waals surface area contributed by atoms with Gasteiger partial charge in [-0.25, -0.2) is 0 Å². The maximum absolute atomic E-state index is 15.4. The maximum atomic E-state index is 15.4. The first-order chi connectivity index (χ1) is 20.6. The van der Waals surface area contributed by atoms with Gasteiger partial charge in [0.25, 0.3) is 0 Å². The molecule has 0 unspecified atom stereocenters. The lowest BCUT2D eigenvalue weighted by Gasteiger charge is -2.29. The third-order valence-electron chi connectivity index (χ3n) is 7.50. The summed E-state index contributed by atoms with van der Waals surface area (Å²) in [7, 11) is -6.66. The lowest BCUT2D eigenvalue weighted by molar-refractivity contribution is 0.461. The molecule has 6 aromatic rings. The largest absolute Gasteiger partial charge is 0.453 e. The van der Waals surface area contributed by atoms with Gasteiger partial charge in [-0.15, -0.1) is 0 Å². The van der Waals surface area contributed by atoms with Gasteiger partial charge in [0.05, 0.1) is 20.4 Å². The van der Waals surface area contributed by atoms with Crippen molar-refractivity contribution in [1.82, 2.24) is 0 Å². The van der Waals surface area contributed by atoms with Crippen LogP contribution in [-0.2, 0) is 9.13 Å². The molecule has 0 amide bonds. The fourth-order valence-corrected chi connectivity index (χ4v) is 12.2. The van der Waals surface area contributed by atoms with Gasteiger partial charge in [0.15, 0.2) is 25.8 Å². The van der Waals surface area contributed by atoms with Crippen LogP contribution in [0.3, 0.4) is 0 Å². The number of hydrogen-bond acceptors (Lipinski definition) is 4. The van der Waals surface area contributed by atoms with E-state index in [1.165, 1.54) is 0 Å². The molecule has 1 aliphatic heterocycles. The lowest BCUT2D eigenvalue weighted by Crippen LogP contribution is -2.29. The predicted octanol–water partition coefficient (Wildman–Crippen LogP) is 7.22. The standard InChI is InChI=1S/C36H26O3P2S/c37-40(27-15-5-1-6-16-27,28-17-7-2-8-18-28)31-23-13-25-33-35(31)39-36-32(24-14-26-34(36)42-33)41(38,29-19-9-3-10-20-29)30-21-11-4-12-22-30/h1-26H. The van der Waals surface area contributed by atoms with Crippen LogP contribution in [0.25, 0.3) is 0 Å². The molecular weight excluding hydrogens is 574 g/mol. The van der Waals surface area contributed by atoms with E-state index in [4.69, 9.17) is 4.74 Å². The zero-order valence-corrected chi connectivity index (χ0v) is 25.1. The van der Waals surface area contributed by atoms with Gasteiger partial charge < -0.3 is 13.9 Å². The van der Waals surface area contributed by atoms with Crippen LogP contribution in [0.1, 0.15) is 0 Å². The zero-order chi connectivity index (χ0) is 28.6. The molecule has 6 aromatic carbocycles. The molecule has 0 radical (unpaired) electrons. The molecule has 7 rings (SSSR count). The molecular formula is C36H26O3P2S. The quantitative estimate of drug-likeness (QED) is 0.189. The second-order valence-electron chi connectivity index (χ2n) is 9.97.